The Morgan fingerprint density at radius 3 is 2.42 bits per heavy atom. The van der Waals surface area contributed by atoms with Gasteiger partial charge in [-0.2, -0.15) is 0 Å². The van der Waals surface area contributed by atoms with E-state index in [1.807, 2.05) is 29.2 Å². The maximum atomic E-state index is 12.7. The van der Waals surface area contributed by atoms with E-state index < -0.39 is 0 Å². The minimum Gasteiger partial charge on any atom is -0.368 e. The monoisotopic (exact) mass is 340 g/mol. The number of rotatable bonds is 3. The summed E-state index contributed by atoms with van der Waals surface area (Å²) in [4.78, 5) is 17.1. The third-order valence-corrected chi connectivity index (χ3v) is 5.34. The third-order valence-electron chi connectivity index (χ3n) is 5.10. The van der Waals surface area contributed by atoms with E-state index in [1.165, 1.54) is 5.56 Å². The number of halogens is 1. The van der Waals surface area contributed by atoms with E-state index in [1.54, 1.807) is 0 Å². The van der Waals surface area contributed by atoms with Crippen LogP contribution in [0.2, 0.25) is 5.02 Å². The number of benzene rings is 2. The standard InChI is InChI=1S/C20H21ClN2O/c21-16-7-4-8-17(13-16)22-9-11-23(12-10-22)20(24)19-14-18(19)15-5-2-1-3-6-15/h1-8,13,18-19H,9-12,14H2/t18-,19+/m0/s1. The smallest absolute Gasteiger partial charge is 0.226 e. The fourth-order valence-corrected chi connectivity index (χ4v) is 3.81. The summed E-state index contributed by atoms with van der Waals surface area (Å²) in [6, 6.07) is 18.3. The van der Waals surface area contributed by atoms with Crippen molar-refractivity contribution in [2.75, 3.05) is 31.1 Å². The second-order valence-corrected chi connectivity index (χ2v) is 7.09. The first-order chi connectivity index (χ1) is 11.7. The van der Waals surface area contributed by atoms with Crippen LogP contribution in [0.5, 0.6) is 0 Å². The molecule has 1 amide bonds. The molecule has 124 valence electrons. The molecule has 1 saturated heterocycles. The largest absolute Gasteiger partial charge is 0.368 e. The molecular weight excluding hydrogens is 320 g/mol. The lowest BCUT2D eigenvalue weighted by molar-refractivity contribution is -0.132. The molecule has 4 heteroatoms. The molecule has 0 N–H and O–H groups in total. The number of hydrogen-bond donors (Lipinski definition) is 0. The lowest BCUT2D eigenvalue weighted by Crippen LogP contribution is -2.49. The van der Waals surface area contributed by atoms with Crippen molar-refractivity contribution in [1.29, 1.82) is 0 Å². The topological polar surface area (TPSA) is 23.6 Å². The van der Waals surface area contributed by atoms with Crippen LogP contribution in [0.15, 0.2) is 54.6 Å². The average molecular weight is 341 g/mol. The number of hydrogen-bond acceptors (Lipinski definition) is 2. The van der Waals surface area contributed by atoms with Gasteiger partial charge in [-0.25, -0.2) is 0 Å². The lowest BCUT2D eigenvalue weighted by atomic mass is 10.1. The van der Waals surface area contributed by atoms with E-state index in [-0.39, 0.29) is 5.92 Å². The molecule has 0 radical (unpaired) electrons. The number of nitrogens with zero attached hydrogens (tertiary/aromatic N) is 2. The number of piperazine rings is 1. The molecular formula is C20H21ClN2O. The van der Waals surface area contributed by atoms with Crippen LogP contribution >= 0.6 is 11.6 Å². The minimum absolute atomic E-state index is 0.185. The number of amides is 1. The molecule has 4 rings (SSSR count). The number of carbonyl (C=O) groups is 1. The molecule has 1 saturated carbocycles. The van der Waals surface area contributed by atoms with Gasteiger partial charge in [-0.05, 0) is 36.1 Å². The van der Waals surface area contributed by atoms with Crippen molar-refractivity contribution in [3.63, 3.8) is 0 Å². The summed E-state index contributed by atoms with van der Waals surface area (Å²) in [5.41, 5.74) is 2.44. The van der Waals surface area contributed by atoms with E-state index in [0.717, 1.165) is 43.3 Å². The van der Waals surface area contributed by atoms with Gasteiger partial charge in [0, 0.05) is 42.8 Å². The Kier molecular flexibility index (Phi) is 4.19. The molecule has 1 heterocycles. The van der Waals surface area contributed by atoms with Gasteiger partial charge in [0.2, 0.25) is 5.91 Å². The molecule has 2 aromatic rings. The molecule has 2 aliphatic rings. The summed E-state index contributed by atoms with van der Waals surface area (Å²) in [7, 11) is 0. The van der Waals surface area contributed by atoms with Crippen LogP contribution in [0.1, 0.15) is 17.9 Å². The van der Waals surface area contributed by atoms with Crippen molar-refractivity contribution in [3.8, 4) is 0 Å². The second kappa shape index (κ2) is 6.48. The molecule has 0 unspecified atom stereocenters. The summed E-state index contributed by atoms with van der Waals surface area (Å²) in [6.45, 7) is 3.33. The highest BCUT2D eigenvalue weighted by atomic mass is 35.5. The Bertz CT molecular complexity index is 725. The van der Waals surface area contributed by atoms with Crippen molar-refractivity contribution in [2.24, 2.45) is 5.92 Å². The van der Waals surface area contributed by atoms with E-state index >= 15 is 0 Å². The highest BCUT2D eigenvalue weighted by Gasteiger charge is 2.45. The zero-order valence-corrected chi connectivity index (χ0v) is 14.3. The molecule has 24 heavy (non-hydrogen) atoms. The van der Waals surface area contributed by atoms with Gasteiger partial charge in [0.05, 0.1) is 0 Å². The van der Waals surface area contributed by atoms with Gasteiger partial charge in [0.15, 0.2) is 0 Å². The van der Waals surface area contributed by atoms with Crippen LogP contribution in [0, 0.1) is 5.92 Å². The average Bonchev–Trinajstić information content (AvgIpc) is 3.43. The lowest BCUT2D eigenvalue weighted by Gasteiger charge is -2.36. The van der Waals surface area contributed by atoms with E-state index in [2.05, 4.69) is 35.2 Å². The third kappa shape index (κ3) is 3.13. The normalized spacial score (nSPS) is 23.2. The SMILES string of the molecule is O=C([C@@H]1C[C@H]1c1ccccc1)N1CCN(c2cccc(Cl)c2)CC1. The van der Waals surface area contributed by atoms with Crippen molar-refractivity contribution < 1.29 is 4.79 Å². The highest BCUT2D eigenvalue weighted by molar-refractivity contribution is 6.30. The van der Waals surface area contributed by atoms with Gasteiger partial charge >= 0.3 is 0 Å². The summed E-state index contributed by atoms with van der Waals surface area (Å²) < 4.78 is 0. The van der Waals surface area contributed by atoms with Gasteiger partial charge in [-0.3, -0.25) is 4.79 Å². The molecule has 2 fully saturated rings. The predicted molar refractivity (Wildman–Crippen MR) is 97.5 cm³/mol. The molecule has 1 aliphatic carbocycles. The van der Waals surface area contributed by atoms with Crippen molar-refractivity contribution in [1.82, 2.24) is 4.90 Å². The summed E-state index contributed by atoms with van der Waals surface area (Å²) in [5, 5.41) is 0.759. The predicted octanol–water partition coefficient (Wildman–Crippen LogP) is 3.79. The van der Waals surface area contributed by atoms with E-state index in [9.17, 15) is 4.79 Å². The molecule has 2 aromatic carbocycles. The maximum absolute atomic E-state index is 12.7. The van der Waals surface area contributed by atoms with Crippen LogP contribution in [-0.2, 0) is 4.79 Å². The number of carbonyl (C=O) groups excluding carboxylic acids is 1. The maximum Gasteiger partial charge on any atom is 0.226 e. The van der Waals surface area contributed by atoms with Gasteiger partial charge in [-0.1, -0.05) is 48.0 Å². The summed E-state index contributed by atoms with van der Waals surface area (Å²) in [6.07, 6.45) is 0.997. The van der Waals surface area contributed by atoms with Crippen LogP contribution in [0.25, 0.3) is 0 Å². The zero-order valence-electron chi connectivity index (χ0n) is 13.6. The summed E-state index contributed by atoms with van der Waals surface area (Å²) in [5.74, 6) is 0.935. The van der Waals surface area contributed by atoms with Crippen molar-refractivity contribution in [3.05, 3.63) is 65.2 Å². The zero-order chi connectivity index (χ0) is 16.5. The molecule has 2 atom stereocenters. The van der Waals surface area contributed by atoms with E-state index in [4.69, 9.17) is 11.6 Å². The Labute approximate surface area is 147 Å². The van der Waals surface area contributed by atoms with Gasteiger partial charge in [0.1, 0.15) is 0 Å². The van der Waals surface area contributed by atoms with Crippen LogP contribution < -0.4 is 4.90 Å². The van der Waals surface area contributed by atoms with E-state index in [0.29, 0.717) is 11.8 Å². The fraction of sp³-hybridized carbons (Fsp3) is 0.350. The number of anilines is 1. The summed E-state index contributed by atoms with van der Waals surface area (Å²) >= 11 is 6.08. The second-order valence-electron chi connectivity index (χ2n) is 6.65. The first-order valence-electron chi connectivity index (χ1n) is 8.56. The molecule has 0 bridgehead atoms. The molecule has 0 spiro atoms. The highest BCUT2D eigenvalue weighted by Crippen LogP contribution is 2.48. The molecule has 1 aliphatic heterocycles. The van der Waals surface area contributed by atoms with Gasteiger partial charge in [-0.15, -0.1) is 0 Å². The quantitative estimate of drug-likeness (QED) is 0.848. The van der Waals surface area contributed by atoms with Crippen LogP contribution in [-0.4, -0.2) is 37.0 Å². The molecule has 0 aromatic heterocycles. The Morgan fingerprint density at radius 1 is 0.958 bits per heavy atom. The van der Waals surface area contributed by atoms with Crippen LogP contribution in [0.4, 0.5) is 5.69 Å². The minimum atomic E-state index is 0.185. The first-order valence-corrected chi connectivity index (χ1v) is 8.94. The van der Waals surface area contributed by atoms with Crippen LogP contribution in [0.3, 0.4) is 0 Å². The van der Waals surface area contributed by atoms with Gasteiger partial charge < -0.3 is 9.80 Å². The van der Waals surface area contributed by atoms with Gasteiger partial charge in [0.25, 0.3) is 0 Å². The Hall–Kier alpha value is -2.00. The van der Waals surface area contributed by atoms with Crippen molar-refractivity contribution in [2.45, 2.75) is 12.3 Å². The fourth-order valence-electron chi connectivity index (χ4n) is 3.63. The van der Waals surface area contributed by atoms with Crippen molar-refractivity contribution >= 4 is 23.2 Å². The Balaban J connectivity index is 1.34. The molecule has 3 nitrogen and oxygen atoms in total. The first kappa shape index (κ1) is 15.5. The Morgan fingerprint density at radius 2 is 1.71 bits per heavy atom.